The van der Waals surface area contributed by atoms with Crippen molar-refractivity contribution in [2.45, 2.75) is 64.1 Å². The van der Waals surface area contributed by atoms with Crippen molar-refractivity contribution in [3.05, 3.63) is 65.7 Å². The fourth-order valence-electron chi connectivity index (χ4n) is 5.40. The Balaban J connectivity index is 1.61. The van der Waals surface area contributed by atoms with Crippen molar-refractivity contribution in [2.75, 3.05) is 18.4 Å². The van der Waals surface area contributed by atoms with Gasteiger partial charge in [-0.1, -0.05) is 69.3 Å². The number of nitriles is 1. The fourth-order valence-corrected chi connectivity index (χ4v) is 5.40. The van der Waals surface area contributed by atoms with Gasteiger partial charge in [0, 0.05) is 25.2 Å². The largest absolute Gasteiger partial charge is 0.445 e. The smallest absolute Gasteiger partial charge is 0.410 e. The van der Waals surface area contributed by atoms with E-state index in [-0.39, 0.29) is 37.3 Å². The van der Waals surface area contributed by atoms with Crippen LogP contribution in [0.1, 0.15) is 51.2 Å². The topological polar surface area (TPSA) is 103 Å². The van der Waals surface area contributed by atoms with Gasteiger partial charge in [-0.2, -0.15) is 5.26 Å². The van der Waals surface area contributed by atoms with Crippen LogP contribution in [0.4, 0.5) is 10.5 Å². The van der Waals surface area contributed by atoms with Gasteiger partial charge in [-0.3, -0.25) is 14.5 Å². The van der Waals surface area contributed by atoms with E-state index in [1.54, 1.807) is 0 Å². The molecule has 3 atom stereocenters. The summed E-state index contributed by atoms with van der Waals surface area (Å²) in [6.45, 7) is 6.47. The van der Waals surface area contributed by atoms with Crippen molar-refractivity contribution >= 4 is 23.6 Å². The van der Waals surface area contributed by atoms with Gasteiger partial charge in [0.05, 0.1) is 11.5 Å². The molecule has 194 valence electrons. The minimum absolute atomic E-state index is 0.0977. The van der Waals surface area contributed by atoms with Crippen molar-refractivity contribution in [1.82, 2.24) is 9.80 Å². The Bertz CT molecular complexity index is 1190. The quantitative estimate of drug-likeness (QED) is 0.574. The van der Waals surface area contributed by atoms with E-state index in [9.17, 15) is 19.6 Å². The summed E-state index contributed by atoms with van der Waals surface area (Å²) in [5.74, 6) is -0.403. The average Bonchev–Trinajstić information content (AvgIpc) is 3.42. The summed E-state index contributed by atoms with van der Waals surface area (Å²) >= 11 is 0. The molecule has 3 amide bonds. The van der Waals surface area contributed by atoms with Crippen molar-refractivity contribution in [2.24, 2.45) is 5.92 Å². The summed E-state index contributed by atoms with van der Waals surface area (Å²) in [7, 11) is 0. The van der Waals surface area contributed by atoms with Crippen LogP contribution < -0.4 is 5.32 Å². The number of nitrogens with zero attached hydrogens (tertiary/aromatic N) is 3. The van der Waals surface area contributed by atoms with E-state index in [4.69, 9.17) is 4.74 Å². The van der Waals surface area contributed by atoms with Gasteiger partial charge in [-0.05, 0) is 36.0 Å². The summed E-state index contributed by atoms with van der Waals surface area (Å²) in [6, 6.07) is 17.5. The van der Waals surface area contributed by atoms with Crippen molar-refractivity contribution < 1.29 is 19.1 Å². The first-order valence-electron chi connectivity index (χ1n) is 12.9. The molecule has 1 saturated heterocycles. The number of hydrogen-bond acceptors (Lipinski definition) is 5. The maximum absolute atomic E-state index is 14.1. The van der Waals surface area contributed by atoms with Crippen LogP contribution >= 0.6 is 0 Å². The van der Waals surface area contributed by atoms with Crippen LogP contribution in [-0.4, -0.2) is 52.9 Å². The highest BCUT2D eigenvalue weighted by Crippen LogP contribution is 2.46. The minimum atomic E-state index is -0.974. The molecule has 8 heteroatoms. The first-order valence-corrected chi connectivity index (χ1v) is 12.9. The second-order valence-corrected chi connectivity index (χ2v) is 10.3. The highest BCUT2D eigenvalue weighted by Gasteiger charge is 2.56. The molecule has 8 nitrogen and oxygen atoms in total. The highest BCUT2D eigenvalue weighted by molar-refractivity contribution is 6.07. The SMILES string of the molecule is CCCN(C(=O)OCc1ccccc1)C(CC(C)C)C(=O)N1C[C@]2(C[C@H]1C#N)C(=O)Nc1ccccc12. The molecule has 0 bridgehead atoms. The van der Waals surface area contributed by atoms with Crippen molar-refractivity contribution in [3.63, 3.8) is 0 Å². The molecule has 2 aliphatic rings. The second-order valence-electron chi connectivity index (χ2n) is 10.3. The summed E-state index contributed by atoms with van der Waals surface area (Å²) < 4.78 is 5.62. The predicted octanol–water partition coefficient (Wildman–Crippen LogP) is 4.46. The number of fused-ring (bicyclic) bond motifs is 2. The number of likely N-dealkylation sites (tertiary alicyclic amines) is 1. The highest BCUT2D eigenvalue weighted by atomic mass is 16.6. The van der Waals surface area contributed by atoms with Crippen LogP contribution in [0.15, 0.2) is 54.6 Å². The minimum Gasteiger partial charge on any atom is -0.445 e. The summed E-state index contributed by atoms with van der Waals surface area (Å²) in [5.41, 5.74) is 1.41. The molecule has 2 aromatic carbocycles. The van der Waals surface area contributed by atoms with Crippen LogP contribution in [-0.2, 0) is 26.3 Å². The molecule has 2 heterocycles. The number of benzene rings is 2. The number of amides is 3. The monoisotopic (exact) mass is 502 g/mol. The van der Waals surface area contributed by atoms with Crippen LogP contribution in [0, 0.1) is 17.2 Å². The molecule has 1 spiro atoms. The summed E-state index contributed by atoms with van der Waals surface area (Å²) in [4.78, 5) is 43.5. The first kappa shape index (κ1) is 26.2. The summed E-state index contributed by atoms with van der Waals surface area (Å²) in [6.07, 6.45) is 0.725. The van der Waals surface area contributed by atoms with E-state index in [1.165, 1.54) is 9.80 Å². The van der Waals surface area contributed by atoms with Gasteiger partial charge < -0.3 is 15.0 Å². The third-order valence-electron chi connectivity index (χ3n) is 7.18. The molecule has 0 aromatic heterocycles. The number of hydrogen-bond donors (Lipinski definition) is 1. The van der Waals surface area contributed by atoms with E-state index in [0.29, 0.717) is 25.1 Å². The lowest BCUT2D eigenvalue weighted by atomic mass is 9.80. The number of nitrogens with one attached hydrogen (secondary N) is 1. The van der Waals surface area contributed by atoms with E-state index >= 15 is 0 Å². The molecule has 4 rings (SSSR count). The zero-order valence-electron chi connectivity index (χ0n) is 21.6. The second kappa shape index (κ2) is 11.0. The van der Waals surface area contributed by atoms with E-state index in [2.05, 4.69) is 11.4 Å². The van der Waals surface area contributed by atoms with Gasteiger partial charge in [0.1, 0.15) is 18.7 Å². The number of para-hydroxylation sites is 1. The number of rotatable bonds is 8. The standard InChI is InChI=1S/C29H34N4O4/c1-4-14-32(28(36)37-18-21-10-6-5-7-11-21)25(15-20(2)3)26(34)33-19-29(16-22(33)17-30)23-12-8-9-13-24(23)31-27(29)35/h5-13,20,22,25H,4,14-16,18-19H2,1-3H3,(H,31,35)/t22-,25?,29-/m0/s1. The fraction of sp³-hybridized carbons (Fsp3) is 0.448. The van der Waals surface area contributed by atoms with Crippen molar-refractivity contribution in [3.8, 4) is 6.07 Å². The van der Waals surface area contributed by atoms with Crippen LogP contribution in [0.25, 0.3) is 0 Å². The maximum atomic E-state index is 14.1. The first-order chi connectivity index (χ1) is 17.8. The molecule has 0 aliphatic carbocycles. The van der Waals surface area contributed by atoms with E-state index in [1.807, 2.05) is 75.4 Å². The molecular weight excluding hydrogens is 468 g/mol. The molecule has 1 fully saturated rings. The lowest BCUT2D eigenvalue weighted by Gasteiger charge is -2.34. The van der Waals surface area contributed by atoms with Crippen LogP contribution in [0.2, 0.25) is 0 Å². The molecule has 2 aliphatic heterocycles. The average molecular weight is 503 g/mol. The Morgan fingerprint density at radius 3 is 2.57 bits per heavy atom. The van der Waals surface area contributed by atoms with Gasteiger partial charge >= 0.3 is 6.09 Å². The molecule has 1 unspecified atom stereocenters. The van der Waals surface area contributed by atoms with Crippen LogP contribution in [0.3, 0.4) is 0 Å². The zero-order valence-corrected chi connectivity index (χ0v) is 21.6. The van der Waals surface area contributed by atoms with Gasteiger partial charge in [-0.15, -0.1) is 0 Å². The third kappa shape index (κ3) is 5.17. The molecular formula is C29H34N4O4. The van der Waals surface area contributed by atoms with E-state index in [0.717, 1.165) is 11.1 Å². The van der Waals surface area contributed by atoms with Gasteiger partial charge in [-0.25, -0.2) is 4.79 Å². The third-order valence-corrected chi connectivity index (χ3v) is 7.18. The number of anilines is 1. The molecule has 0 radical (unpaired) electrons. The lowest BCUT2D eigenvalue weighted by Crippen LogP contribution is -2.53. The molecule has 1 N–H and O–H groups in total. The Hall–Kier alpha value is -3.86. The number of ether oxygens (including phenoxy) is 1. The Kier molecular flexibility index (Phi) is 7.82. The number of carbonyl (C=O) groups excluding carboxylic acids is 3. The van der Waals surface area contributed by atoms with E-state index < -0.39 is 23.6 Å². The maximum Gasteiger partial charge on any atom is 0.410 e. The molecule has 0 saturated carbocycles. The molecule has 37 heavy (non-hydrogen) atoms. The predicted molar refractivity (Wildman–Crippen MR) is 139 cm³/mol. The van der Waals surface area contributed by atoms with Crippen molar-refractivity contribution in [1.29, 1.82) is 5.26 Å². The Morgan fingerprint density at radius 1 is 1.19 bits per heavy atom. The normalized spacial score (nSPS) is 20.9. The zero-order chi connectivity index (χ0) is 26.6. The van der Waals surface area contributed by atoms with Gasteiger partial charge in [0.15, 0.2) is 0 Å². The lowest BCUT2D eigenvalue weighted by molar-refractivity contribution is -0.137. The van der Waals surface area contributed by atoms with Crippen LogP contribution in [0.5, 0.6) is 0 Å². The van der Waals surface area contributed by atoms with Gasteiger partial charge in [0.25, 0.3) is 0 Å². The molecule has 2 aromatic rings. The summed E-state index contributed by atoms with van der Waals surface area (Å²) in [5, 5.41) is 12.9. The Morgan fingerprint density at radius 2 is 1.89 bits per heavy atom. The number of carbonyl (C=O) groups is 3. The Labute approximate surface area is 218 Å². The van der Waals surface area contributed by atoms with Gasteiger partial charge in [0.2, 0.25) is 11.8 Å².